The molecule has 0 radical (unpaired) electrons. The minimum absolute atomic E-state index is 0.0345. The summed E-state index contributed by atoms with van der Waals surface area (Å²) >= 11 is 1.53. The van der Waals surface area contributed by atoms with Crippen LogP contribution in [0.5, 0.6) is 0 Å². The molecule has 0 spiro atoms. The van der Waals surface area contributed by atoms with Crippen molar-refractivity contribution >= 4 is 29.4 Å². The summed E-state index contributed by atoms with van der Waals surface area (Å²) in [5.74, 6) is -0.0345. The molecule has 1 fully saturated rings. The minimum Gasteiger partial charge on any atom is -0.357 e. The molecular formula is C28H33N3OS. The van der Waals surface area contributed by atoms with Crippen LogP contribution in [-0.2, 0) is 17.6 Å². The average molecular weight is 460 g/mol. The highest BCUT2D eigenvalue weighted by Crippen LogP contribution is 2.32. The number of unbranched alkanes of at least 4 members (excludes halogenated alkanes) is 1. The summed E-state index contributed by atoms with van der Waals surface area (Å²) in [7, 11) is 0. The second-order valence-electron chi connectivity index (χ2n) is 8.61. The largest absolute Gasteiger partial charge is 0.357 e. The minimum atomic E-state index is -0.171. The number of carbonyl (C=O) groups excluding carboxylic acids is 1. The van der Waals surface area contributed by atoms with Crippen molar-refractivity contribution in [2.45, 2.75) is 58.9 Å². The van der Waals surface area contributed by atoms with Crippen LogP contribution in [0.1, 0.15) is 54.8 Å². The van der Waals surface area contributed by atoms with E-state index in [4.69, 9.17) is 0 Å². The van der Waals surface area contributed by atoms with E-state index >= 15 is 0 Å². The van der Waals surface area contributed by atoms with Crippen molar-refractivity contribution in [3.8, 4) is 5.69 Å². The number of benzene rings is 2. The van der Waals surface area contributed by atoms with Gasteiger partial charge in [0.15, 0.2) is 5.50 Å². The summed E-state index contributed by atoms with van der Waals surface area (Å²) in [6, 6.07) is 19.4. The van der Waals surface area contributed by atoms with Crippen molar-refractivity contribution in [3.63, 3.8) is 0 Å². The van der Waals surface area contributed by atoms with Crippen molar-refractivity contribution in [2.24, 2.45) is 0 Å². The summed E-state index contributed by atoms with van der Waals surface area (Å²) in [5, 5.41) is 6.43. The fourth-order valence-electron chi connectivity index (χ4n) is 4.22. The molecule has 1 saturated heterocycles. The summed E-state index contributed by atoms with van der Waals surface area (Å²) < 4.78 is 2.26. The molecule has 1 aliphatic heterocycles. The fraction of sp³-hybridized carbons (Fsp3) is 0.321. The lowest BCUT2D eigenvalue weighted by Gasteiger charge is -2.12. The van der Waals surface area contributed by atoms with Crippen LogP contribution in [0.15, 0.2) is 59.5 Å². The second-order valence-corrected chi connectivity index (χ2v) is 9.75. The summed E-state index contributed by atoms with van der Waals surface area (Å²) in [4.78, 5) is 13.4. The number of rotatable bonds is 8. The van der Waals surface area contributed by atoms with E-state index in [1.165, 1.54) is 35.7 Å². The molecule has 4 nitrogen and oxygen atoms in total. The van der Waals surface area contributed by atoms with Gasteiger partial charge < -0.3 is 15.2 Å². The van der Waals surface area contributed by atoms with Gasteiger partial charge in [0.25, 0.3) is 5.91 Å². The van der Waals surface area contributed by atoms with E-state index in [-0.39, 0.29) is 11.4 Å². The number of nitrogens with zero attached hydrogens (tertiary/aromatic N) is 1. The first-order valence-corrected chi connectivity index (χ1v) is 12.7. The Labute approximate surface area is 201 Å². The number of carbonyl (C=O) groups is 1. The van der Waals surface area contributed by atoms with Crippen LogP contribution < -0.4 is 10.6 Å². The normalized spacial score (nSPS) is 16.9. The summed E-state index contributed by atoms with van der Waals surface area (Å²) in [5.41, 5.74) is 8.06. The second kappa shape index (κ2) is 10.3. The number of nitrogens with one attached hydrogen (secondary N) is 2. The van der Waals surface area contributed by atoms with Gasteiger partial charge in [-0.1, -0.05) is 56.3 Å². The maximum Gasteiger partial charge on any atom is 0.260 e. The third-order valence-corrected chi connectivity index (χ3v) is 7.19. The predicted octanol–water partition coefficient (Wildman–Crippen LogP) is 6.60. The van der Waals surface area contributed by atoms with Crippen LogP contribution in [0, 0.1) is 13.8 Å². The van der Waals surface area contributed by atoms with Gasteiger partial charge in [0.05, 0.1) is 4.91 Å². The maximum atomic E-state index is 12.6. The SMILES string of the molecule is CCCCc1ccc(-n2c(C)cc(/C=C3\S[C@@H](Nc4ccc(CC)cc4)NC3=O)c2C)cc1. The smallest absolute Gasteiger partial charge is 0.260 e. The molecule has 2 aromatic carbocycles. The summed E-state index contributed by atoms with van der Waals surface area (Å²) in [6.45, 7) is 8.60. The summed E-state index contributed by atoms with van der Waals surface area (Å²) in [6.07, 6.45) is 6.59. The van der Waals surface area contributed by atoms with Gasteiger partial charge in [-0.3, -0.25) is 4.79 Å². The first-order chi connectivity index (χ1) is 16.0. The third-order valence-electron chi connectivity index (χ3n) is 6.16. The molecule has 2 heterocycles. The molecule has 0 bridgehead atoms. The number of amides is 1. The maximum absolute atomic E-state index is 12.6. The highest BCUT2D eigenvalue weighted by atomic mass is 32.2. The van der Waals surface area contributed by atoms with Gasteiger partial charge in [0, 0.05) is 22.8 Å². The van der Waals surface area contributed by atoms with Gasteiger partial charge in [0.2, 0.25) is 0 Å². The van der Waals surface area contributed by atoms with E-state index < -0.39 is 0 Å². The zero-order chi connectivity index (χ0) is 23.4. The highest BCUT2D eigenvalue weighted by molar-refractivity contribution is 8.05. The van der Waals surface area contributed by atoms with E-state index in [0.717, 1.165) is 46.1 Å². The Morgan fingerprint density at radius 2 is 1.73 bits per heavy atom. The Balaban J connectivity index is 1.50. The van der Waals surface area contributed by atoms with Crippen LogP contribution in [0.4, 0.5) is 5.69 Å². The standard InChI is InChI=1S/C28H33N3OS/c1-5-7-8-22-11-15-25(16-12-22)31-19(3)17-23(20(31)4)18-26-27(32)30-28(33-26)29-24-13-9-21(6-2)10-14-24/h9-18,28-29H,5-8H2,1-4H3,(H,30,32)/b26-18-/t28-/m0/s1. The van der Waals surface area contributed by atoms with Gasteiger partial charge in [-0.15, -0.1) is 0 Å². The third kappa shape index (κ3) is 5.36. The molecule has 1 amide bonds. The molecule has 0 unspecified atom stereocenters. The Morgan fingerprint density at radius 3 is 2.39 bits per heavy atom. The molecule has 0 saturated carbocycles. The number of aromatic nitrogens is 1. The van der Waals surface area contributed by atoms with E-state index in [0.29, 0.717) is 0 Å². The van der Waals surface area contributed by atoms with Crippen LogP contribution in [0.2, 0.25) is 0 Å². The number of aryl methyl sites for hydroxylation is 3. The van der Waals surface area contributed by atoms with Crippen LogP contribution in [0.25, 0.3) is 11.8 Å². The van der Waals surface area contributed by atoms with Crippen molar-refractivity contribution in [2.75, 3.05) is 5.32 Å². The molecule has 0 aliphatic carbocycles. The Kier molecular flexibility index (Phi) is 7.29. The van der Waals surface area contributed by atoms with Gasteiger partial charge in [-0.05, 0) is 86.2 Å². The van der Waals surface area contributed by atoms with Crippen LogP contribution >= 0.6 is 11.8 Å². The van der Waals surface area contributed by atoms with Gasteiger partial charge in [-0.25, -0.2) is 0 Å². The zero-order valence-corrected chi connectivity index (χ0v) is 20.8. The Bertz CT molecular complexity index is 1140. The molecule has 172 valence electrons. The molecule has 3 aromatic rings. The van der Waals surface area contributed by atoms with Crippen molar-refractivity contribution in [3.05, 3.63) is 87.6 Å². The Morgan fingerprint density at radius 1 is 1.03 bits per heavy atom. The van der Waals surface area contributed by atoms with E-state index in [2.05, 4.69) is 97.5 Å². The lowest BCUT2D eigenvalue weighted by Crippen LogP contribution is -2.30. The van der Waals surface area contributed by atoms with E-state index in [1.54, 1.807) is 0 Å². The molecule has 5 heteroatoms. The number of thioether (sulfide) groups is 1. The fourth-order valence-corrected chi connectivity index (χ4v) is 5.19. The molecule has 2 N–H and O–H groups in total. The molecule has 1 aliphatic rings. The van der Waals surface area contributed by atoms with Crippen molar-refractivity contribution in [1.82, 2.24) is 9.88 Å². The molecule has 33 heavy (non-hydrogen) atoms. The first kappa shape index (κ1) is 23.2. The molecule has 4 rings (SSSR count). The van der Waals surface area contributed by atoms with Crippen molar-refractivity contribution in [1.29, 1.82) is 0 Å². The van der Waals surface area contributed by atoms with E-state index in [1.807, 2.05) is 6.08 Å². The molecular weight excluding hydrogens is 426 g/mol. The van der Waals surface area contributed by atoms with Crippen LogP contribution in [-0.4, -0.2) is 16.0 Å². The number of hydrogen-bond acceptors (Lipinski definition) is 3. The average Bonchev–Trinajstić information content (AvgIpc) is 3.30. The topological polar surface area (TPSA) is 46.1 Å². The lowest BCUT2D eigenvalue weighted by atomic mass is 10.1. The van der Waals surface area contributed by atoms with Crippen LogP contribution in [0.3, 0.4) is 0 Å². The quantitative estimate of drug-likeness (QED) is 0.373. The van der Waals surface area contributed by atoms with Crippen molar-refractivity contribution < 1.29 is 4.79 Å². The van der Waals surface area contributed by atoms with E-state index in [9.17, 15) is 4.79 Å². The van der Waals surface area contributed by atoms with Gasteiger partial charge in [0.1, 0.15) is 0 Å². The van der Waals surface area contributed by atoms with Gasteiger partial charge >= 0.3 is 0 Å². The Hall–Kier alpha value is -2.92. The highest BCUT2D eigenvalue weighted by Gasteiger charge is 2.27. The zero-order valence-electron chi connectivity index (χ0n) is 19.9. The number of hydrogen-bond donors (Lipinski definition) is 2. The lowest BCUT2D eigenvalue weighted by molar-refractivity contribution is -0.116. The molecule has 1 atom stereocenters. The first-order valence-electron chi connectivity index (χ1n) is 11.8. The monoisotopic (exact) mass is 459 g/mol. The molecule has 1 aromatic heterocycles. The van der Waals surface area contributed by atoms with Gasteiger partial charge in [-0.2, -0.15) is 0 Å². The number of anilines is 1. The predicted molar refractivity (Wildman–Crippen MR) is 141 cm³/mol.